The van der Waals surface area contributed by atoms with Crippen LogP contribution < -0.4 is 0 Å². The lowest BCUT2D eigenvalue weighted by molar-refractivity contribution is 0.376. The molecule has 0 unspecified atom stereocenters. The average molecular weight is 283 g/mol. The topological polar surface area (TPSA) is 4.93 Å². The zero-order chi connectivity index (χ0) is 14.4. The largest absolute Gasteiger partial charge is 0.311 e. The molecule has 0 spiro atoms. The highest BCUT2D eigenvalue weighted by molar-refractivity contribution is 5.81. The third kappa shape index (κ3) is 1.61. The van der Waals surface area contributed by atoms with E-state index >= 15 is 0 Å². The summed E-state index contributed by atoms with van der Waals surface area (Å²) in [4.78, 5) is 0. The van der Waals surface area contributed by atoms with E-state index in [0.29, 0.717) is 10.9 Å². The van der Waals surface area contributed by atoms with Crippen molar-refractivity contribution in [2.75, 3.05) is 0 Å². The van der Waals surface area contributed by atoms with Crippen molar-refractivity contribution in [3.8, 4) is 5.69 Å². The molecule has 0 atom stereocenters. The van der Waals surface area contributed by atoms with Gasteiger partial charge in [0.2, 0.25) is 5.82 Å². The summed E-state index contributed by atoms with van der Waals surface area (Å²) in [5.74, 6) is -9.81. The van der Waals surface area contributed by atoms with Crippen LogP contribution in [0.4, 0.5) is 22.0 Å². The molecule has 3 rings (SSSR count). The molecule has 3 aromatic rings. The van der Waals surface area contributed by atoms with Gasteiger partial charge in [-0.05, 0) is 17.5 Å². The van der Waals surface area contributed by atoms with Gasteiger partial charge in [-0.2, -0.15) is 0 Å². The van der Waals surface area contributed by atoms with Crippen molar-refractivity contribution in [2.24, 2.45) is 0 Å². The number of hydrogen-bond donors (Lipinski definition) is 0. The Labute approximate surface area is 109 Å². The molecule has 0 aliphatic carbocycles. The maximum Gasteiger partial charge on any atom is 0.200 e. The van der Waals surface area contributed by atoms with Crippen LogP contribution in [0.15, 0.2) is 36.5 Å². The molecule has 0 aliphatic rings. The van der Waals surface area contributed by atoms with Crippen LogP contribution in [0.1, 0.15) is 0 Å². The van der Waals surface area contributed by atoms with Crippen LogP contribution in [-0.2, 0) is 0 Å². The Balaban J connectivity index is 2.41. The molecule has 1 aromatic heterocycles. The minimum Gasteiger partial charge on any atom is -0.311 e. The van der Waals surface area contributed by atoms with E-state index in [9.17, 15) is 22.0 Å². The third-order valence-electron chi connectivity index (χ3n) is 3.03. The standard InChI is InChI=1S/C14H6F5N/c15-9-10(16)12(18)14(13(19)11(9)17)20-6-5-7-3-1-2-4-8(7)20/h1-6H. The van der Waals surface area contributed by atoms with Crippen molar-refractivity contribution in [3.05, 3.63) is 65.6 Å². The monoisotopic (exact) mass is 283 g/mol. The minimum absolute atomic E-state index is 0.343. The molecule has 1 heterocycles. The van der Waals surface area contributed by atoms with Gasteiger partial charge in [0.05, 0.1) is 5.52 Å². The van der Waals surface area contributed by atoms with Crippen LogP contribution in [0.2, 0.25) is 0 Å². The SMILES string of the molecule is Fc1c(F)c(F)c(-n2ccc3ccccc32)c(F)c1F. The first-order valence-corrected chi connectivity index (χ1v) is 5.60. The van der Waals surface area contributed by atoms with Crippen LogP contribution in [0.3, 0.4) is 0 Å². The molecule has 20 heavy (non-hydrogen) atoms. The summed E-state index contributed by atoms with van der Waals surface area (Å²) in [7, 11) is 0. The van der Waals surface area contributed by atoms with Crippen LogP contribution in [0, 0.1) is 29.1 Å². The molecule has 6 heteroatoms. The molecule has 102 valence electrons. The number of aromatic nitrogens is 1. The average Bonchev–Trinajstić information content (AvgIpc) is 2.87. The number of rotatable bonds is 1. The summed E-state index contributed by atoms with van der Waals surface area (Å²) in [5.41, 5.74) is -0.640. The van der Waals surface area contributed by atoms with Crippen molar-refractivity contribution in [1.82, 2.24) is 4.57 Å². The second-order valence-corrected chi connectivity index (χ2v) is 4.16. The molecule has 0 bridgehead atoms. The van der Waals surface area contributed by atoms with E-state index in [1.807, 2.05) is 0 Å². The quantitative estimate of drug-likeness (QED) is 0.356. The normalized spacial score (nSPS) is 11.2. The van der Waals surface area contributed by atoms with Crippen molar-refractivity contribution in [1.29, 1.82) is 0 Å². The molecule has 0 N–H and O–H groups in total. The number of hydrogen-bond acceptors (Lipinski definition) is 0. The Morgan fingerprint density at radius 1 is 0.650 bits per heavy atom. The van der Waals surface area contributed by atoms with E-state index < -0.39 is 34.8 Å². The van der Waals surface area contributed by atoms with Crippen LogP contribution in [-0.4, -0.2) is 4.57 Å². The van der Waals surface area contributed by atoms with Gasteiger partial charge in [-0.25, -0.2) is 22.0 Å². The summed E-state index contributed by atoms with van der Waals surface area (Å²) < 4.78 is 67.9. The van der Waals surface area contributed by atoms with E-state index in [1.54, 1.807) is 18.2 Å². The Kier molecular flexibility index (Phi) is 2.74. The fourth-order valence-corrected chi connectivity index (χ4v) is 2.08. The van der Waals surface area contributed by atoms with Gasteiger partial charge in [0, 0.05) is 6.20 Å². The number of fused-ring (bicyclic) bond motifs is 1. The fourth-order valence-electron chi connectivity index (χ4n) is 2.08. The minimum atomic E-state index is -2.17. The highest BCUT2D eigenvalue weighted by Crippen LogP contribution is 2.29. The van der Waals surface area contributed by atoms with E-state index in [2.05, 4.69) is 0 Å². The molecule has 1 nitrogen and oxygen atoms in total. The number of nitrogens with zero attached hydrogens (tertiary/aromatic N) is 1. The van der Waals surface area contributed by atoms with Crippen LogP contribution >= 0.6 is 0 Å². The van der Waals surface area contributed by atoms with Crippen molar-refractivity contribution < 1.29 is 22.0 Å². The maximum absolute atomic E-state index is 13.8. The summed E-state index contributed by atoms with van der Waals surface area (Å²) in [5, 5.41) is 0.622. The smallest absolute Gasteiger partial charge is 0.200 e. The predicted octanol–water partition coefficient (Wildman–Crippen LogP) is 4.33. The number of para-hydroxylation sites is 1. The third-order valence-corrected chi connectivity index (χ3v) is 3.03. The first-order valence-electron chi connectivity index (χ1n) is 5.60. The van der Waals surface area contributed by atoms with Crippen molar-refractivity contribution in [3.63, 3.8) is 0 Å². The molecular formula is C14H6F5N. The van der Waals surface area contributed by atoms with Gasteiger partial charge < -0.3 is 4.57 Å². The summed E-state index contributed by atoms with van der Waals surface area (Å²) in [6.07, 6.45) is 1.25. The van der Waals surface area contributed by atoms with Gasteiger partial charge in [0.25, 0.3) is 0 Å². The second-order valence-electron chi connectivity index (χ2n) is 4.16. The predicted molar refractivity (Wildman–Crippen MR) is 63.1 cm³/mol. The van der Waals surface area contributed by atoms with Crippen molar-refractivity contribution >= 4 is 10.9 Å². The lowest BCUT2D eigenvalue weighted by Gasteiger charge is -2.10. The van der Waals surface area contributed by atoms with Crippen LogP contribution in [0.5, 0.6) is 0 Å². The van der Waals surface area contributed by atoms with Gasteiger partial charge in [0.15, 0.2) is 23.3 Å². The van der Waals surface area contributed by atoms with E-state index in [0.717, 1.165) is 4.57 Å². The molecule has 0 saturated carbocycles. The van der Waals surface area contributed by atoms with Gasteiger partial charge in [-0.15, -0.1) is 0 Å². The lowest BCUT2D eigenvalue weighted by Crippen LogP contribution is -2.08. The zero-order valence-corrected chi connectivity index (χ0v) is 9.80. The zero-order valence-electron chi connectivity index (χ0n) is 9.80. The molecule has 0 fully saturated rings. The van der Waals surface area contributed by atoms with E-state index in [4.69, 9.17) is 0 Å². The molecule has 0 amide bonds. The van der Waals surface area contributed by atoms with E-state index in [-0.39, 0.29) is 0 Å². The second kappa shape index (κ2) is 4.33. The molecule has 0 radical (unpaired) electrons. The summed E-state index contributed by atoms with van der Waals surface area (Å²) in [6, 6.07) is 8.01. The first-order chi connectivity index (χ1) is 9.52. The molecule has 2 aromatic carbocycles. The highest BCUT2D eigenvalue weighted by atomic mass is 19.2. The molecule has 0 aliphatic heterocycles. The summed E-state index contributed by atoms with van der Waals surface area (Å²) in [6.45, 7) is 0. The fraction of sp³-hybridized carbons (Fsp3) is 0. The molecular weight excluding hydrogens is 277 g/mol. The van der Waals surface area contributed by atoms with Crippen LogP contribution in [0.25, 0.3) is 16.6 Å². The van der Waals surface area contributed by atoms with Gasteiger partial charge >= 0.3 is 0 Å². The number of benzene rings is 2. The van der Waals surface area contributed by atoms with Gasteiger partial charge in [-0.1, -0.05) is 18.2 Å². The maximum atomic E-state index is 13.8. The summed E-state index contributed by atoms with van der Waals surface area (Å²) >= 11 is 0. The van der Waals surface area contributed by atoms with Gasteiger partial charge in [-0.3, -0.25) is 0 Å². The molecule has 0 saturated heterocycles. The Hall–Kier alpha value is -2.37. The first kappa shape index (κ1) is 12.7. The Morgan fingerprint density at radius 3 is 1.85 bits per heavy atom. The van der Waals surface area contributed by atoms with Crippen molar-refractivity contribution in [2.45, 2.75) is 0 Å². The number of halogens is 5. The Bertz CT molecular complexity index is 793. The van der Waals surface area contributed by atoms with Gasteiger partial charge in [0.1, 0.15) is 5.69 Å². The highest BCUT2D eigenvalue weighted by Gasteiger charge is 2.27. The lowest BCUT2D eigenvalue weighted by atomic mass is 10.2. The Morgan fingerprint density at radius 2 is 1.20 bits per heavy atom. The van der Waals surface area contributed by atoms with E-state index in [1.165, 1.54) is 18.3 Å².